The molecule has 1 aliphatic carbocycles. The highest BCUT2D eigenvalue weighted by molar-refractivity contribution is 5.82. The number of carbonyl (C=O) groups excluding carboxylic acids is 1. The van der Waals surface area contributed by atoms with E-state index in [0.29, 0.717) is 24.9 Å². The van der Waals surface area contributed by atoms with Gasteiger partial charge in [0.25, 0.3) is 0 Å². The van der Waals surface area contributed by atoms with Crippen molar-refractivity contribution >= 4 is 5.91 Å². The zero-order valence-corrected chi connectivity index (χ0v) is 12.9. The number of halogens is 2. The van der Waals surface area contributed by atoms with Gasteiger partial charge in [-0.2, -0.15) is 0 Å². The van der Waals surface area contributed by atoms with Gasteiger partial charge in [0.15, 0.2) is 0 Å². The molecule has 0 bridgehead atoms. The van der Waals surface area contributed by atoms with Crippen molar-refractivity contribution in [1.82, 2.24) is 9.88 Å². The van der Waals surface area contributed by atoms with Crippen LogP contribution >= 0.6 is 0 Å². The first-order valence-electron chi connectivity index (χ1n) is 7.66. The van der Waals surface area contributed by atoms with Gasteiger partial charge < -0.3 is 4.90 Å². The van der Waals surface area contributed by atoms with Gasteiger partial charge in [0.1, 0.15) is 11.6 Å². The fraction of sp³-hybridized carbons (Fsp3) is 0.333. The molecule has 120 valence electrons. The van der Waals surface area contributed by atoms with Crippen LogP contribution in [0.4, 0.5) is 8.78 Å². The summed E-state index contributed by atoms with van der Waals surface area (Å²) in [5.41, 5.74) is 1.37. The van der Waals surface area contributed by atoms with Gasteiger partial charge in [-0.1, -0.05) is 12.1 Å². The molecule has 3 nitrogen and oxygen atoms in total. The summed E-state index contributed by atoms with van der Waals surface area (Å²) in [7, 11) is 1.75. The maximum atomic E-state index is 13.8. The molecule has 2 atom stereocenters. The Kier molecular flexibility index (Phi) is 4.37. The second kappa shape index (κ2) is 6.44. The lowest BCUT2D eigenvalue weighted by molar-refractivity contribution is -0.131. The summed E-state index contributed by atoms with van der Waals surface area (Å²) < 4.78 is 26.7. The normalized spacial score (nSPS) is 19.4. The first-order valence-corrected chi connectivity index (χ1v) is 7.66. The number of aromatic nitrogens is 1. The molecular weight excluding hydrogens is 298 g/mol. The molecule has 1 aliphatic rings. The van der Waals surface area contributed by atoms with Crippen LogP contribution in [0.5, 0.6) is 0 Å². The predicted octanol–water partition coefficient (Wildman–Crippen LogP) is 3.16. The van der Waals surface area contributed by atoms with Gasteiger partial charge in [0.05, 0.1) is 0 Å². The van der Waals surface area contributed by atoms with Gasteiger partial charge >= 0.3 is 0 Å². The SMILES string of the molecule is CN(CCc1ccccn1)C(=O)[C@@H]1C[C@H]1c1ccc(F)cc1F. The van der Waals surface area contributed by atoms with Crippen LogP contribution in [0.3, 0.4) is 0 Å². The van der Waals surface area contributed by atoms with E-state index in [4.69, 9.17) is 0 Å². The van der Waals surface area contributed by atoms with Crippen molar-refractivity contribution in [3.63, 3.8) is 0 Å². The van der Waals surface area contributed by atoms with E-state index in [0.717, 1.165) is 11.8 Å². The van der Waals surface area contributed by atoms with Crippen LogP contribution in [0.25, 0.3) is 0 Å². The van der Waals surface area contributed by atoms with E-state index in [1.807, 2.05) is 18.2 Å². The van der Waals surface area contributed by atoms with Crippen LogP contribution in [-0.4, -0.2) is 29.4 Å². The number of nitrogens with zero attached hydrogens (tertiary/aromatic N) is 2. The van der Waals surface area contributed by atoms with Crippen LogP contribution in [0.15, 0.2) is 42.6 Å². The van der Waals surface area contributed by atoms with E-state index >= 15 is 0 Å². The Bertz CT molecular complexity index is 705. The number of pyridine rings is 1. The third-order valence-electron chi connectivity index (χ3n) is 4.28. The minimum absolute atomic E-state index is 0.00894. The molecule has 1 saturated carbocycles. The van der Waals surface area contributed by atoms with E-state index < -0.39 is 11.6 Å². The number of benzene rings is 1. The Morgan fingerprint density at radius 2 is 2.13 bits per heavy atom. The highest BCUT2D eigenvalue weighted by Crippen LogP contribution is 2.49. The van der Waals surface area contributed by atoms with E-state index in [1.165, 1.54) is 12.1 Å². The van der Waals surface area contributed by atoms with Crippen molar-refractivity contribution < 1.29 is 13.6 Å². The molecule has 1 amide bonds. The van der Waals surface area contributed by atoms with Gasteiger partial charge in [0.2, 0.25) is 5.91 Å². The molecule has 3 rings (SSSR count). The third-order valence-corrected chi connectivity index (χ3v) is 4.28. The molecule has 0 aliphatic heterocycles. The zero-order chi connectivity index (χ0) is 16.4. The Morgan fingerprint density at radius 1 is 1.30 bits per heavy atom. The minimum Gasteiger partial charge on any atom is -0.345 e. The Balaban J connectivity index is 1.57. The molecule has 0 spiro atoms. The first-order chi connectivity index (χ1) is 11.1. The standard InChI is InChI=1S/C18H18F2N2O/c1-22(9-7-13-4-2-3-8-21-13)18(23)16-11-15(16)14-6-5-12(19)10-17(14)20/h2-6,8,10,15-16H,7,9,11H2,1H3/t15-,16+/m0/s1. The molecule has 0 saturated heterocycles. The Hall–Kier alpha value is -2.30. The third kappa shape index (κ3) is 3.55. The molecule has 2 aromatic rings. The van der Waals surface area contributed by atoms with Crippen molar-refractivity contribution in [3.05, 3.63) is 65.5 Å². The van der Waals surface area contributed by atoms with Gasteiger partial charge in [-0.15, -0.1) is 0 Å². The smallest absolute Gasteiger partial charge is 0.226 e. The highest BCUT2D eigenvalue weighted by Gasteiger charge is 2.46. The monoisotopic (exact) mass is 316 g/mol. The summed E-state index contributed by atoms with van der Waals surface area (Å²) in [6.07, 6.45) is 3.03. The lowest BCUT2D eigenvalue weighted by Crippen LogP contribution is -2.30. The molecule has 0 radical (unpaired) electrons. The van der Waals surface area contributed by atoms with Crippen LogP contribution in [0, 0.1) is 17.6 Å². The quantitative estimate of drug-likeness (QED) is 0.849. The van der Waals surface area contributed by atoms with E-state index in [1.54, 1.807) is 18.1 Å². The van der Waals surface area contributed by atoms with E-state index in [-0.39, 0.29) is 17.7 Å². The van der Waals surface area contributed by atoms with Crippen molar-refractivity contribution in [1.29, 1.82) is 0 Å². The topological polar surface area (TPSA) is 33.2 Å². The summed E-state index contributed by atoms with van der Waals surface area (Å²) in [6.45, 7) is 0.574. The van der Waals surface area contributed by atoms with E-state index in [2.05, 4.69) is 4.98 Å². The summed E-state index contributed by atoms with van der Waals surface area (Å²) >= 11 is 0. The fourth-order valence-corrected chi connectivity index (χ4v) is 2.84. The van der Waals surface area contributed by atoms with Crippen LogP contribution < -0.4 is 0 Å². The van der Waals surface area contributed by atoms with Crippen LogP contribution in [0.2, 0.25) is 0 Å². The predicted molar refractivity (Wildman–Crippen MR) is 82.8 cm³/mol. The highest BCUT2D eigenvalue weighted by atomic mass is 19.1. The maximum Gasteiger partial charge on any atom is 0.226 e. The van der Waals surface area contributed by atoms with Crippen LogP contribution in [0.1, 0.15) is 23.6 Å². The first kappa shape index (κ1) is 15.6. The van der Waals surface area contributed by atoms with Crippen molar-refractivity contribution in [3.8, 4) is 0 Å². The number of hydrogen-bond donors (Lipinski definition) is 0. The molecule has 1 aromatic carbocycles. The Morgan fingerprint density at radius 3 is 2.83 bits per heavy atom. The van der Waals surface area contributed by atoms with Crippen LogP contribution in [-0.2, 0) is 11.2 Å². The lowest BCUT2D eigenvalue weighted by Gasteiger charge is -2.17. The van der Waals surface area contributed by atoms with Crippen molar-refractivity contribution in [2.45, 2.75) is 18.8 Å². The lowest BCUT2D eigenvalue weighted by atomic mass is 10.1. The molecule has 0 N–H and O–H groups in total. The van der Waals surface area contributed by atoms with Gasteiger partial charge in [-0.3, -0.25) is 9.78 Å². The van der Waals surface area contributed by atoms with Crippen molar-refractivity contribution in [2.75, 3.05) is 13.6 Å². The molecule has 5 heteroatoms. The summed E-state index contributed by atoms with van der Waals surface area (Å²) in [5, 5.41) is 0. The van der Waals surface area contributed by atoms with Crippen molar-refractivity contribution in [2.24, 2.45) is 5.92 Å². The molecular formula is C18H18F2N2O. The molecule has 1 fully saturated rings. The summed E-state index contributed by atoms with van der Waals surface area (Å²) in [4.78, 5) is 18.3. The Labute approximate surface area is 134 Å². The second-order valence-corrected chi connectivity index (χ2v) is 5.95. The number of carbonyl (C=O) groups is 1. The molecule has 0 unspecified atom stereocenters. The van der Waals surface area contributed by atoms with Gasteiger partial charge in [0, 0.05) is 43.9 Å². The zero-order valence-electron chi connectivity index (χ0n) is 12.9. The second-order valence-electron chi connectivity index (χ2n) is 5.95. The fourth-order valence-electron chi connectivity index (χ4n) is 2.84. The van der Waals surface area contributed by atoms with Gasteiger partial charge in [-0.05, 0) is 36.1 Å². The van der Waals surface area contributed by atoms with E-state index in [9.17, 15) is 13.6 Å². The average molecular weight is 316 g/mol. The van der Waals surface area contributed by atoms with Gasteiger partial charge in [-0.25, -0.2) is 8.78 Å². The number of hydrogen-bond acceptors (Lipinski definition) is 2. The summed E-state index contributed by atoms with van der Waals surface area (Å²) in [5.74, 6) is -1.50. The minimum atomic E-state index is -0.595. The molecule has 23 heavy (non-hydrogen) atoms. The number of rotatable bonds is 5. The largest absolute Gasteiger partial charge is 0.345 e. The number of likely N-dealkylation sites (N-methyl/N-ethyl adjacent to an activating group) is 1. The molecule has 1 aromatic heterocycles. The summed E-state index contributed by atoms with van der Waals surface area (Å²) in [6, 6.07) is 9.24. The maximum absolute atomic E-state index is 13.8. The number of amides is 1. The average Bonchev–Trinajstić information content (AvgIpc) is 3.33. The molecule has 1 heterocycles.